The molecule has 2 nitrogen and oxygen atoms in total. The summed E-state index contributed by atoms with van der Waals surface area (Å²) in [6.45, 7) is 0. The molecule has 0 radical (unpaired) electrons. The summed E-state index contributed by atoms with van der Waals surface area (Å²) in [6.07, 6.45) is 1.78. The van der Waals surface area contributed by atoms with Crippen LogP contribution in [0.3, 0.4) is 0 Å². The van der Waals surface area contributed by atoms with Gasteiger partial charge in [0, 0.05) is 27.2 Å². The fourth-order valence-electron chi connectivity index (χ4n) is 1.74. The summed E-state index contributed by atoms with van der Waals surface area (Å²) in [4.78, 5) is 8.84. The number of fused-ring (bicyclic) bond motifs is 1. The topological polar surface area (TPSA) is 25.8 Å². The first-order valence-corrected chi connectivity index (χ1v) is 6.16. The van der Waals surface area contributed by atoms with E-state index in [0.717, 1.165) is 16.5 Å². The van der Waals surface area contributed by atoms with Crippen molar-refractivity contribution in [2.24, 2.45) is 0 Å². The van der Waals surface area contributed by atoms with Crippen LogP contribution in [0.5, 0.6) is 0 Å². The highest BCUT2D eigenvalue weighted by Gasteiger charge is 2.03. The summed E-state index contributed by atoms with van der Waals surface area (Å²) in [5, 5.41) is 2.32. The predicted molar refractivity (Wildman–Crippen MR) is 75.0 cm³/mol. The second kappa shape index (κ2) is 4.56. The lowest BCUT2D eigenvalue weighted by Gasteiger charge is -2.02. The maximum atomic E-state index is 5.92. The van der Waals surface area contributed by atoms with Crippen molar-refractivity contribution in [2.75, 3.05) is 0 Å². The van der Waals surface area contributed by atoms with Crippen molar-refractivity contribution in [3.05, 3.63) is 58.7 Å². The summed E-state index contributed by atoms with van der Waals surface area (Å²) in [7, 11) is 0. The van der Waals surface area contributed by atoms with Gasteiger partial charge in [0.15, 0.2) is 5.82 Å². The number of aromatic nitrogens is 2. The molecule has 3 rings (SSSR count). The van der Waals surface area contributed by atoms with E-state index in [9.17, 15) is 0 Å². The van der Waals surface area contributed by atoms with Gasteiger partial charge in [-0.25, -0.2) is 9.97 Å². The lowest BCUT2D eigenvalue weighted by Crippen LogP contribution is -1.89. The number of rotatable bonds is 1. The van der Waals surface area contributed by atoms with Gasteiger partial charge >= 0.3 is 0 Å². The van der Waals surface area contributed by atoms with Gasteiger partial charge < -0.3 is 0 Å². The molecule has 0 N–H and O–H groups in total. The Balaban J connectivity index is 2.13. The Bertz CT molecular complexity index is 709. The molecule has 0 aliphatic heterocycles. The van der Waals surface area contributed by atoms with Gasteiger partial charge in [0.25, 0.3) is 0 Å². The minimum absolute atomic E-state index is 0.682. The molecule has 0 aliphatic rings. The Morgan fingerprint density at radius 1 is 0.833 bits per heavy atom. The van der Waals surface area contributed by atoms with Gasteiger partial charge in [-0.05, 0) is 42.5 Å². The first-order chi connectivity index (χ1) is 8.72. The third kappa shape index (κ3) is 2.17. The monoisotopic (exact) mass is 274 g/mol. The molecule has 0 aliphatic carbocycles. The number of hydrogen-bond donors (Lipinski definition) is 0. The van der Waals surface area contributed by atoms with E-state index < -0.39 is 0 Å². The predicted octanol–water partition coefficient (Wildman–Crippen LogP) is 4.60. The van der Waals surface area contributed by atoms with Gasteiger partial charge in [-0.15, -0.1) is 0 Å². The average Bonchev–Trinajstić information content (AvgIpc) is 2.39. The molecule has 0 saturated carbocycles. The van der Waals surface area contributed by atoms with E-state index in [2.05, 4.69) is 9.97 Å². The maximum Gasteiger partial charge on any atom is 0.159 e. The molecule has 3 aromatic rings. The fourth-order valence-corrected chi connectivity index (χ4v) is 2.05. The van der Waals surface area contributed by atoms with Crippen LogP contribution in [0.2, 0.25) is 10.0 Å². The summed E-state index contributed by atoms with van der Waals surface area (Å²) in [5.41, 5.74) is 1.82. The van der Waals surface area contributed by atoms with Gasteiger partial charge in [0.05, 0.1) is 5.52 Å². The average molecular weight is 275 g/mol. The lowest BCUT2D eigenvalue weighted by molar-refractivity contribution is 1.23. The zero-order valence-electron chi connectivity index (χ0n) is 9.27. The van der Waals surface area contributed by atoms with Gasteiger partial charge in [-0.1, -0.05) is 23.2 Å². The van der Waals surface area contributed by atoms with Crippen molar-refractivity contribution in [1.29, 1.82) is 0 Å². The molecular weight excluding hydrogens is 267 g/mol. The van der Waals surface area contributed by atoms with Gasteiger partial charge in [-0.3, -0.25) is 0 Å². The second-order valence-electron chi connectivity index (χ2n) is 3.90. The third-order valence-corrected chi connectivity index (χ3v) is 3.13. The van der Waals surface area contributed by atoms with E-state index in [1.54, 1.807) is 6.20 Å². The van der Waals surface area contributed by atoms with E-state index in [1.165, 1.54) is 0 Å². The van der Waals surface area contributed by atoms with Crippen LogP contribution < -0.4 is 0 Å². The molecule has 0 fully saturated rings. The normalized spacial score (nSPS) is 10.8. The molecule has 1 aromatic heterocycles. The Morgan fingerprint density at radius 2 is 1.56 bits per heavy atom. The van der Waals surface area contributed by atoms with Crippen LogP contribution in [0.15, 0.2) is 48.7 Å². The Labute approximate surface area is 114 Å². The number of halogens is 2. The van der Waals surface area contributed by atoms with Crippen molar-refractivity contribution in [3.63, 3.8) is 0 Å². The largest absolute Gasteiger partial charge is 0.236 e. The first kappa shape index (κ1) is 11.5. The number of hydrogen-bond acceptors (Lipinski definition) is 2. The minimum atomic E-state index is 0.682. The molecular formula is C14H8Cl2N2. The number of benzene rings is 2. The molecule has 0 unspecified atom stereocenters. The summed E-state index contributed by atoms with van der Waals surface area (Å²) >= 11 is 11.8. The number of nitrogens with zero attached hydrogens (tertiary/aromatic N) is 2. The summed E-state index contributed by atoms with van der Waals surface area (Å²) in [6, 6.07) is 13.0. The highest BCUT2D eigenvalue weighted by Crippen LogP contribution is 2.22. The van der Waals surface area contributed by atoms with Crippen molar-refractivity contribution in [3.8, 4) is 11.4 Å². The molecule has 4 heteroatoms. The molecule has 0 bridgehead atoms. The third-order valence-electron chi connectivity index (χ3n) is 2.64. The Kier molecular flexibility index (Phi) is 2.90. The molecule has 0 atom stereocenters. The minimum Gasteiger partial charge on any atom is -0.236 e. The molecule has 88 valence electrons. The van der Waals surface area contributed by atoms with Crippen LogP contribution in [-0.4, -0.2) is 9.97 Å². The smallest absolute Gasteiger partial charge is 0.159 e. The van der Waals surface area contributed by atoms with E-state index in [-0.39, 0.29) is 0 Å². The Hall–Kier alpha value is -1.64. The van der Waals surface area contributed by atoms with Crippen molar-refractivity contribution >= 4 is 34.1 Å². The van der Waals surface area contributed by atoms with Crippen LogP contribution in [0.4, 0.5) is 0 Å². The highest BCUT2D eigenvalue weighted by atomic mass is 35.5. The second-order valence-corrected chi connectivity index (χ2v) is 4.78. The summed E-state index contributed by atoms with van der Waals surface area (Å²) < 4.78 is 0. The lowest BCUT2D eigenvalue weighted by atomic mass is 10.2. The SMILES string of the molecule is Clc1ccc(-c2ncc3cc(Cl)ccc3n2)cc1. The van der Waals surface area contributed by atoms with Gasteiger partial charge in [0.2, 0.25) is 0 Å². The molecule has 1 heterocycles. The fraction of sp³-hybridized carbons (Fsp3) is 0. The van der Waals surface area contributed by atoms with E-state index in [1.807, 2.05) is 42.5 Å². The Morgan fingerprint density at radius 3 is 2.33 bits per heavy atom. The van der Waals surface area contributed by atoms with Crippen LogP contribution in [-0.2, 0) is 0 Å². The quantitative estimate of drug-likeness (QED) is 0.648. The van der Waals surface area contributed by atoms with Crippen LogP contribution >= 0.6 is 23.2 Å². The molecule has 18 heavy (non-hydrogen) atoms. The zero-order valence-corrected chi connectivity index (χ0v) is 10.8. The molecule has 0 spiro atoms. The first-order valence-electron chi connectivity index (χ1n) is 5.41. The van der Waals surface area contributed by atoms with Crippen LogP contribution in [0, 0.1) is 0 Å². The molecule has 0 amide bonds. The van der Waals surface area contributed by atoms with E-state index in [0.29, 0.717) is 15.9 Å². The molecule has 0 saturated heterocycles. The van der Waals surface area contributed by atoms with Gasteiger partial charge in [0.1, 0.15) is 0 Å². The maximum absolute atomic E-state index is 5.92. The van der Waals surface area contributed by atoms with Crippen molar-refractivity contribution in [1.82, 2.24) is 9.97 Å². The van der Waals surface area contributed by atoms with Crippen molar-refractivity contribution in [2.45, 2.75) is 0 Å². The standard InChI is InChI=1S/C14H8Cl2N2/c15-11-3-1-9(2-4-11)14-17-8-10-7-12(16)5-6-13(10)18-14/h1-8H. The highest BCUT2D eigenvalue weighted by molar-refractivity contribution is 6.31. The summed E-state index contributed by atoms with van der Waals surface area (Å²) in [5.74, 6) is 0.682. The van der Waals surface area contributed by atoms with E-state index in [4.69, 9.17) is 23.2 Å². The zero-order chi connectivity index (χ0) is 12.5. The van der Waals surface area contributed by atoms with Gasteiger partial charge in [-0.2, -0.15) is 0 Å². The van der Waals surface area contributed by atoms with Crippen LogP contribution in [0.1, 0.15) is 0 Å². The van der Waals surface area contributed by atoms with E-state index >= 15 is 0 Å². The van der Waals surface area contributed by atoms with Crippen molar-refractivity contribution < 1.29 is 0 Å². The molecule has 2 aromatic carbocycles. The van der Waals surface area contributed by atoms with Crippen LogP contribution in [0.25, 0.3) is 22.3 Å².